The maximum Gasteiger partial charge on any atom is 0.0759 e. The van der Waals surface area contributed by atoms with Gasteiger partial charge in [-0.1, -0.05) is 29.2 Å². The van der Waals surface area contributed by atoms with E-state index in [1.165, 1.54) is 5.57 Å². The number of hydrogen-bond acceptors (Lipinski definition) is 1. The normalized spacial score (nSPS) is 35.6. The van der Waals surface area contributed by atoms with Gasteiger partial charge >= 0.3 is 0 Å². The van der Waals surface area contributed by atoms with E-state index in [2.05, 4.69) is 36.1 Å². The second-order valence-corrected chi connectivity index (χ2v) is 3.30. The number of ether oxygens (including phenoxy) is 1. The van der Waals surface area contributed by atoms with Crippen LogP contribution in [-0.2, 0) is 4.74 Å². The minimum Gasteiger partial charge on any atom is -0.370 e. The zero-order valence-electron chi connectivity index (χ0n) is 5.56. The summed E-state index contributed by atoms with van der Waals surface area (Å²) in [4.78, 5) is 0. The van der Waals surface area contributed by atoms with Gasteiger partial charge in [0, 0.05) is 4.43 Å². The molecule has 1 saturated heterocycles. The lowest BCUT2D eigenvalue weighted by molar-refractivity contribution is 0.0792. The Bertz CT molecular complexity index is 122. The van der Waals surface area contributed by atoms with Crippen molar-refractivity contribution in [1.29, 1.82) is 0 Å². The fourth-order valence-electron chi connectivity index (χ4n) is 0.982. The zero-order valence-corrected chi connectivity index (χ0v) is 7.72. The van der Waals surface area contributed by atoms with E-state index in [1.54, 1.807) is 0 Å². The van der Waals surface area contributed by atoms with Crippen molar-refractivity contribution in [3.63, 3.8) is 0 Å². The summed E-state index contributed by atoms with van der Waals surface area (Å²) in [6.07, 6.45) is 1.79. The van der Waals surface area contributed by atoms with Gasteiger partial charge in [-0.3, -0.25) is 0 Å². The third-order valence-corrected chi connectivity index (χ3v) is 2.62. The highest BCUT2D eigenvalue weighted by molar-refractivity contribution is 14.1. The van der Waals surface area contributed by atoms with Crippen LogP contribution in [0.5, 0.6) is 0 Å². The molecule has 9 heavy (non-hydrogen) atoms. The van der Waals surface area contributed by atoms with Gasteiger partial charge < -0.3 is 4.74 Å². The fraction of sp³-hybridized carbons (Fsp3) is 0.714. The van der Waals surface area contributed by atoms with Crippen molar-refractivity contribution < 1.29 is 4.74 Å². The molecular weight excluding hydrogens is 227 g/mol. The van der Waals surface area contributed by atoms with E-state index in [0.29, 0.717) is 12.2 Å². The first kappa shape index (κ1) is 7.54. The maximum absolute atomic E-state index is 5.52. The SMILES string of the molecule is C=C1C[C@H](CI)O[C@H]1C. The summed E-state index contributed by atoms with van der Waals surface area (Å²) in [5, 5.41) is 0. The van der Waals surface area contributed by atoms with Crippen molar-refractivity contribution in [3.8, 4) is 0 Å². The minimum absolute atomic E-state index is 0.296. The Morgan fingerprint density at radius 3 is 2.78 bits per heavy atom. The topological polar surface area (TPSA) is 9.23 Å². The second-order valence-electron chi connectivity index (χ2n) is 2.42. The minimum atomic E-state index is 0.296. The van der Waals surface area contributed by atoms with E-state index in [0.717, 1.165) is 10.8 Å². The lowest BCUT2D eigenvalue weighted by Crippen LogP contribution is -2.08. The first-order valence-electron chi connectivity index (χ1n) is 3.13. The van der Waals surface area contributed by atoms with Gasteiger partial charge in [-0.25, -0.2) is 0 Å². The molecule has 0 aromatic heterocycles. The molecule has 1 aliphatic heterocycles. The van der Waals surface area contributed by atoms with Crippen LogP contribution in [0.1, 0.15) is 13.3 Å². The molecule has 0 aliphatic carbocycles. The molecule has 0 amide bonds. The third kappa shape index (κ3) is 1.67. The van der Waals surface area contributed by atoms with Gasteiger partial charge in [-0.05, 0) is 18.9 Å². The van der Waals surface area contributed by atoms with Crippen LogP contribution < -0.4 is 0 Å². The van der Waals surface area contributed by atoms with Gasteiger partial charge in [-0.15, -0.1) is 0 Å². The van der Waals surface area contributed by atoms with E-state index in [1.807, 2.05) is 0 Å². The van der Waals surface area contributed by atoms with E-state index in [-0.39, 0.29) is 0 Å². The first-order valence-corrected chi connectivity index (χ1v) is 4.65. The monoisotopic (exact) mass is 238 g/mol. The van der Waals surface area contributed by atoms with Crippen molar-refractivity contribution in [2.75, 3.05) is 4.43 Å². The molecule has 0 unspecified atom stereocenters. The molecule has 1 heterocycles. The predicted molar refractivity (Wildman–Crippen MR) is 47.0 cm³/mol. The Morgan fingerprint density at radius 1 is 1.89 bits per heavy atom. The van der Waals surface area contributed by atoms with Gasteiger partial charge in [0.05, 0.1) is 12.2 Å². The van der Waals surface area contributed by atoms with Gasteiger partial charge in [0.2, 0.25) is 0 Å². The molecular formula is C7H11IO. The summed E-state index contributed by atoms with van der Waals surface area (Å²) in [5.74, 6) is 0. The van der Waals surface area contributed by atoms with E-state index < -0.39 is 0 Å². The molecule has 1 fully saturated rings. The van der Waals surface area contributed by atoms with Crippen LogP contribution in [0.25, 0.3) is 0 Å². The van der Waals surface area contributed by atoms with Gasteiger partial charge in [0.1, 0.15) is 0 Å². The quantitative estimate of drug-likeness (QED) is 0.386. The summed E-state index contributed by atoms with van der Waals surface area (Å²) in [5.41, 5.74) is 1.25. The Labute approximate surface area is 69.6 Å². The van der Waals surface area contributed by atoms with Crippen molar-refractivity contribution in [3.05, 3.63) is 12.2 Å². The van der Waals surface area contributed by atoms with Crippen LogP contribution in [-0.4, -0.2) is 16.6 Å². The van der Waals surface area contributed by atoms with Crippen molar-refractivity contribution in [1.82, 2.24) is 0 Å². The molecule has 1 rings (SSSR count). The number of alkyl halides is 1. The largest absolute Gasteiger partial charge is 0.370 e. The molecule has 0 radical (unpaired) electrons. The lowest BCUT2D eigenvalue weighted by Gasteiger charge is -2.04. The van der Waals surface area contributed by atoms with Gasteiger partial charge in [-0.2, -0.15) is 0 Å². The van der Waals surface area contributed by atoms with Crippen LogP contribution in [0.4, 0.5) is 0 Å². The van der Waals surface area contributed by atoms with Crippen LogP contribution in [0.2, 0.25) is 0 Å². The Morgan fingerprint density at radius 2 is 2.56 bits per heavy atom. The van der Waals surface area contributed by atoms with Crippen molar-refractivity contribution in [2.45, 2.75) is 25.6 Å². The Hall–Kier alpha value is 0.430. The maximum atomic E-state index is 5.52. The molecule has 0 bridgehead atoms. The number of halogens is 1. The van der Waals surface area contributed by atoms with Crippen LogP contribution >= 0.6 is 22.6 Å². The number of hydrogen-bond donors (Lipinski definition) is 0. The molecule has 0 spiro atoms. The predicted octanol–water partition coefficient (Wildman–Crippen LogP) is 2.16. The van der Waals surface area contributed by atoms with E-state index in [4.69, 9.17) is 4.74 Å². The Kier molecular flexibility index (Phi) is 2.52. The Balaban J connectivity index is 2.44. The summed E-state index contributed by atoms with van der Waals surface area (Å²) < 4.78 is 6.60. The van der Waals surface area contributed by atoms with E-state index in [9.17, 15) is 0 Å². The number of rotatable bonds is 1. The highest BCUT2D eigenvalue weighted by Crippen LogP contribution is 2.24. The average Bonchev–Trinajstić information content (AvgIpc) is 2.13. The molecule has 2 atom stereocenters. The second kappa shape index (κ2) is 3.01. The molecule has 1 aliphatic rings. The van der Waals surface area contributed by atoms with Crippen LogP contribution in [0.3, 0.4) is 0 Å². The van der Waals surface area contributed by atoms with Gasteiger partial charge in [0.25, 0.3) is 0 Å². The molecule has 0 N–H and O–H groups in total. The molecule has 2 heteroatoms. The molecule has 0 saturated carbocycles. The molecule has 0 aromatic carbocycles. The lowest BCUT2D eigenvalue weighted by atomic mass is 10.1. The van der Waals surface area contributed by atoms with E-state index >= 15 is 0 Å². The summed E-state index contributed by atoms with van der Waals surface area (Å²) >= 11 is 2.34. The smallest absolute Gasteiger partial charge is 0.0759 e. The van der Waals surface area contributed by atoms with Crippen molar-refractivity contribution >= 4 is 22.6 Å². The fourth-order valence-corrected chi connectivity index (χ4v) is 1.50. The first-order chi connectivity index (χ1) is 4.24. The van der Waals surface area contributed by atoms with Gasteiger partial charge in [0.15, 0.2) is 0 Å². The third-order valence-electron chi connectivity index (χ3n) is 1.63. The average molecular weight is 238 g/mol. The molecule has 0 aromatic rings. The summed E-state index contributed by atoms with van der Waals surface area (Å²) in [6, 6.07) is 0. The zero-order chi connectivity index (χ0) is 6.85. The highest BCUT2D eigenvalue weighted by Gasteiger charge is 2.23. The summed E-state index contributed by atoms with van der Waals surface area (Å²) in [7, 11) is 0. The highest BCUT2D eigenvalue weighted by atomic mass is 127. The molecule has 52 valence electrons. The standard InChI is InChI=1S/C7H11IO/c1-5-3-7(4-8)9-6(5)2/h6-7H,1,3-4H2,2H3/t6-,7+/m0/s1. The van der Waals surface area contributed by atoms with Crippen molar-refractivity contribution in [2.24, 2.45) is 0 Å². The molecule has 1 nitrogen and oxygen atoms in total. The van der Waals surface area contributed by atoms with Crippen LogP contribution in [0, 0.1) is 0 Å². The van der Waals surface area contributed by atoms with Crippen LogP contribution in [0.15, 0.2) is 12.2 Å². The summed E-state index contributed by atoms with van der Waals surface area (Å²) in [6.45, 7) is 5.97.